The van der Waals surface area contributed by atoms with Gasteiger partial charge in [0, 0.05) is 23.3 Å². The Kier molecular flexibility index (Phi) is 6.81. The van der Waals surface area contributed by atoms with Crippen LogP contribution in [-0.4, -0.2) is 33.7 Å². The van der Waals surface area contributed by atoms with E-state index in [1.807, 2.05) is 6.07 Å². The van der Waals surface area contributed by atoms with Crippen molar-refractivity contribution < 1.29 is 8.42 Å². The zero-order valence-electron chi connectivity index (χ0n) is 14.0. The second-order valence-corrected chi connectivity index (χ2v) is 8.83. The molecule has 2 rings (SSSR count). The minimum absolute atomic E-state index is 0.116. The van der Waals surface area contributed by atoms with Crippen LogP contribution in [0.25, 0.3) is 0 Å². The molecule has 1 heterocycles. The highest BCUT2D eigenvalue weighted by atomic mass is 32.2. The number of hydrogen-bond acceptors (Lipinski definition) is 4. The Hall–Kier alpha value is -1.86. The predicted octanol–water partition coefficient (Wildman–Crippen LogP) is 2.59. The van der Waals surface area contributed by atoms with Gasteiger partial charge in [-0.05, 0) is 37.6 Å². The molecule has 0 amide bonds. The van der Waals surface area contributed by atoms with Crippen LogP contribution in [0.2, 0.25) is 0 Å². The second-order valence-electron chi connectivity index (χ2n) is 5.35. The summed E-state index contributed by atoms with van der Waals surface area (Å²) < 4.78 is 24.4. The van der Waals surface area contributed by atoms with Crippen LogP contribution < -0.4 is 10.6 Å². The van der Waals surface area contributed by atoms with Gasteiger partial charge in [-0.2, -0.15) is 0 Å². The molecular formula is C17H23N3O2S2. The van der Waals surface area contributed by atoms with Gasteiger partial charge in [0.15, 0.2) is 15.8 Å². The Balaban J connectivity index is 1.74. The molecule has 24 heavy (non-hydrogen) atoms. The van der Waals surface area contributed by atoms with Gasteiger partial charge >= 0.3 is 0 Å². The Bertz CT molecular complexity index is 768. The van der Waals surface area contributed by atoms with Crippen molar-refractivity contribution >= 4 is 27.1 Å². The minimum atomic E-state index is -3.22. The van der Waals surface area contributed by atoms with E-state index < -0.39 is 9.84 Å². The van der Waals surface area contributed by atoms with Gasteiger partial charge in [0.2, 0.25) is 0 Å². The summed E-state index contributed by atoms with van der Waals surface area (Å²) in [6.45, 7) is 3.34. The first-order valence-electron chi connectivity index (χ1n) is 7.79. The standard InChI is InChI=1S/C17H23N3O2S2/c1-14-9-10-15(23-14)13-20-17(18-2)19-11-6-12-24(21,22)16-7-4-3-5-8-16/h3-5,7-10H,6,11-13H2,1-2H3,(H2,18,19,20). The minimum Gasteiger partial charge on any atom is -0.356 e. The molecule has 0 saturated heterocycles. The smallest absolute Gasteiger partial charge is 0.191 e. The quantitative estimate of drug-likeness (QED) is 0.449. The maximum Gasteiger partial charge on any atom is 0.191 e. The molecule has 130 valence electrons. The Morgan fingerprint density at radius 2 is 1.88 bits per heavy atom. The molecule has 5 nitrogen and oxygen atoms in total. The van der Waals surface area contributed by atoms with E-state index in [4.69, 9.17) is 0 Å². The molecule has 0 atom stereocenters. The molecule has 0 unspecified atom stereocenters. The van der Waals surface area contributed by atoms with E-state index in [2.05, 4.69) is 34.7 Å². The number of nitrogens with one attached hydrogen (secondary N) is 2. The van der Waals surface area contributed by atoms with E-state index in [9.17, 15) is 8.42 Å². The lowest BCUT2D eigenvalue weighted by atomic mass is 10.4. The summed E-state index contributed by atoms with van der Waals surface area (Å²) in [6, 6.07) is 12.7. The lowest BCUT2D eigenvalue weighted by Gasteiger charge is -2.11. The highest BCUT2D eigenvalue weighted by molar-refractivity contribution is 7.91. The topological polar surface area (TPSA) is 70.6 Å². The van der Waals surface area contributed by atoms with Crippen molar-refractivity contribution in [3.8, 4) is 0 Å². The van der Waals surface area contributed by atoms with Crippen molar-refractivity contribution in [1.29, 1.82) is 0 Å². The van der Waals surface area contributed by atoms with Crippen LogP contribution in [-0.2, 0) is 16.4 Å². The number of aryl methyl sites for hydroxylation is 1. The third kappa shape index (κ3) is 5.65. The van der Waals surface area contributed by atoms with E-state index in [1.165, 1.54) is 9.75 Å². The van der Waals surface area contributed by atoms with E-state index in [0.717, 1.165) is 0 Å². The molecule has 0 fully saturated rings. The van der Waals surface area contributed by atoms with Crippen molar-refractivity contribution in [2.24, 2.45) is 4.99 Å². The van der Waals surface area contributed by atoms with Crippen molar-refractivity contribution in [3.63, 3.8) is 0 Å². The van der Waals surface area contributed by atoms with Crippen LogP contribution in [0.5, 0.6) is 0 Å². The van der Waals surface area contributed by atoms with Crippen LogP contribution in [0.1, 0.15) is 16.2 Å². The van der Waals surface area contributed by atoms with E-state index in [-0.39, 0.29) is 5.75 Å². The Labute approximate surface area is 147 Å². The van der Waals surface area contributed by atoms with Crippen molar-refractivity contribution in [3.05, 3.63) is 52.2 Å². The van der Waals surface area contributed by atoms with E-state index in [0.29, 0.717) is 30.4 Å². The summed E-state index contributed by atoms with van der Waals surface area (Å²) in [7, 11) is -1.51. The van der Waals surface area contributed by atoms with Crippen molar-refractivity contribution in [2.75, 3.05) is 19.3 Å². The number of hydrogen-bond donors (Lipinski definition) is 2. The third-order valence-electron chi connectivity index (χ3n) is 3.43. The van der Waals surface area contributed by atoms with Gasteiger partial charge in [-0.1, -0.05) is 18.2 Å². The van der Waals surface area contributed by atoms with Gasteiger partial charge in [-0.3, -0.25) is 4.99 Å². The van der Waals surface area contributed by atoms with Crippen LogP contribution in [0.4, 0.5) is 0 Å². The molecule has 1 aromatic carbocycles. The van der Waals surface area contributed by atoms with E-state index in [1.54, 1.807) is 42.6 Å². The maximum absolute atomic E-state index is 12.2. The summed E-state index contributed by atoms with van der Waals surface area (Å²) in [5, 5.41) is 6.38. The van der Waals surface area contributed by atoms with Gasteiger partial charge in [-0.25, -0.2) is 8.42 Å². The first kappa shape index (κ1) is 18.5. The fourth-order valence-corrected chi connectivity index (χ4v) is 4.35. The molecule has 0 aliphatic heterocycles. The molecule has 0 bridgehead atoms. The zero-order valence-corrected chi connectivity index (χ0v) is 15.6. The second kappa shape index (κ2) is 8.84. The fourth-order valence-electron chi connectivity index (χ4n) is 2.19. The van der Waals surface area contributed by atoms with Gasteiger partial charge < -0.3 is 10.6 Å². The molecule has 2 aromatic rings. The van der Waals surface area contributed by atoms with Crippen molar-refractivity contribution in [1.82, 2.24) is 10.6 Å². The monoisotopic (exact) mass is 365 g/mol. The zero-order chi connectivity index (χ0) is 17.4. The van der Waals surface area contributed by atoms with Crippen LogP contribution in [0.15, 0.2) is 52.4 Å². The van der Waals surface area contributed by atoms with Gasteiger partial charge in [-0.15, -0.1) is 11.3 Å². The van der Waals surface area contributed by atoms with Crippen molar-refractivity contribution in [2.45, 2.75) is 24.8 Å². The third-order valence-corrected chi connectivity index (χ3v) is 6.25. The maximum atomic E-state index is 12.2. The largest absolute Gasteiger partial charge is 0.356 e. The molecule has 0 aliphatic rings. The molecule has 0 saturated carbocycles. The van der Waals surface area contributed by atoms with Gasteiger partial charge in [0.1, 0.15) is 0 Å². The lowest BCUT2D eigenvalue weighted by Crippen LogP contribution is -2.37. The highest BCUT2D eigenvalue weighted by Crippen LogP contribution is 2.14. The van der Waals surface area contributed by atoms with Crippen LogP contribution in [0.3, 0.4) is 0 Å². The number of thiophene rings is 1. The summed E-state index contributed by atoms with van der Waals surface area (Å²) in [5.41, 5.74) is 0. The number of guanidine groups is 1. The first-order chi connectivity index (χ1) is 11.5. The number of aliphatic imine (C=N–C) groups is 1. The fraction of sp³-hybridized carbons (Fsp3) is 0.353. The number of sulfone groups is 1. The van der Waals surface area contributed by atoms with Gasteiger partial charge in [0.05, 0.1) is 17.2 Å². The molecule has 7 heteroatoms. The predicted molar refractivity (Wildman–Crippen MR) is 100 cm³/mol. The van der Waals surface area contributed by atoms with E-state index >= 15 is 0 Å². The number of benzene rings is 1. The van der Waals surface area contributed by atoms with Crippen LogP contribution >= 0.6 is 11.3 Å². The molecule has 0 spiro atoms. The molecule has 2 N–H and O–H groups in total. The Morgan fingerprint density at radius 1 is 1.12 bits per heavy atom. The molecule has 1 aromatic heterocycles. The van der Waals surface area contributed by atoms with Gasteiger partial charge in [0.25, 0.3) is 0 Å². The SMILES string of the molecule is CN=C(NCCCS(=O)(=O)c1ccccc1)NCc1ccc(C)s1. The summed E-state index contributed by atoms with van der Waals surface area (Å²) >= 11 is 1.74. The summed E-state index contributed by atoms with van der Waals surface area (Å²) in [6.07, 6.45) is 0.524. The Morgan fingerprint density at radius 3 is 2.50 bits per heavy atom. The number of rotatable bonds is 7. The molecule has 0 radical (unpaired) electrons. The highest BCUT2D eigenvalue weighted by Gasteiger charge is 2.13. The van der Waals surface area contributed by atoms with Crippen LogP contribution in [0, 0.1) is 6.92 Å². The molecule has 0 aliphatic carbocycles. The normalized spacial score (nSPS) is 12.2. The average molecular weight is 366 g/mol. The summed E-state index contributed by atoms with van der Waals surface area (Å²) in [5.74, 6) is 0.795. The molecular weight excluding hydrogens is 342 g/mol. The average Bonchev–Trinajstić information content (AvgIpc) is 3.00. The lowest BCUT2D eigenvalue weighted by molar-refractivity contribution is 0.592. The summed E-state index contributed by atoms with van der Waals surface area (Å²) in [4.78, 5) is 7.04. The number of nitrogens with zero attached hydrogens (tertiary/aromatic N) is 1. The first-order valence-corrected chi connectivity index (χ1v) is 10.3.